The molecular weight excluding hydrogens is 1000 g/mol. The average molecular weight is 1150 g/mol. The van der Waals surface area contributed by atoms with Gasteiger partial charge >= 0.3 is 11.9 Å². The predicted octanol–water partition coefficient (Wildman–Crippen LogP) is 25.4. The number of carbonyl (C=O) groups excluding carboxylic acids is 2. The molecule has 5 nitrogen and oxygen atoms in total. The monoisotopic (exact) mass is 1150 g/mol. The summed E-state index contributed by atoms with van der Waals surface area (Å²) in [6, 6.07) is 0. The number of unbranched alkanes of at least 4 members (excludes halogenated alkanes) is 48. The number of aliphatic hydroxyl groups is 1. The van der Waals surface area contributed by atoms with Crippen LogP contribution < -0.4 is 0 Å². The zero-order valence-electron chi connectivity index (χ0n) is 55.0. The van der Waals surface area contributed by atoms with E-state index in [0.717, 1.165) is 70.6 Å². The highest BCUT2D eigenvalue weighted by molar-refractivity contribution is 5.70. The van der Waals surface area contributed by atoms with Crippen molar-refractivity contribution in [1.82, 2.24) is 0 Å². The number of ether oxygens (including phenoxy) is 2. The number of allylic oxidation sites excluding steroid dienone is 12. The first kappa shape index (κ1) is 79.3. The van der Waals surface area contributed by atoms with Crippen molar-refractivity contribution in [2.75, 3.05) is 13.2 Å². The zero-order chi connectivity index (χ0) is 59.1. The second-order valence-corrected chi connectivity index (χ2v) is 24.7. The Balaban J connectivity index is 3.40. The Labute approximate surface area is 512 Å². The third kappa shape index (κ3) is 69.8. The molecular formula is C77H140O5. The Morgan fingerprint density at radius 3 is 0.793 bits per heavy atom. The number of esters is 2. The van der Waals surface area contributed by atoms with E-state index in [9.17, 15) is 14.7 Å². The molecule has 0 spiro atoms. The molecule has 82 heavy (non-hydrogen) atoms. The first-order valence-corrected chi connectivity index (χ1v) is 36.5. The molecule has 0 aliphatic heterocycles. The molecule has 0 radical (unpaired) electrons. The minimum Gasteiger partial charge on any atom is -0.462 e. The van der Waals surface area contributed by atoms with Gasteiger partial charge in [0.05, 0.1) is 6.61 Å². The van der Waals surface area contributed by atoms with Crippen LogP contribution in [0.25, 0.3) is 0 Å². The molecule has 0 amide bonds. The Morgan fingerprint density at radius 1 is 0.293 bits per heavy atom. The van der Waals surface area contributed by atoms with Gasteiger partial charge in [0.1, 0.15) is 6.61 Å². The molecule has 0 aromatic heterocycles. The molecule has 0 aliphatic carbocycles. The van der Waals surface area contributed by atoms with Crippen molar-refractivity contribution in [2.24, 2.45) is 0 Å². The molecule has 0 rings (SSSR count). The van der Waals surface area contributed by atoms with E-state index >= 15 is 0 Å². The second kappa shape index (κ2) is 72.6. The van der Waals surface area contributed by atoms with Crippen LogP contribution in [0.15, 0.2) is 72.9 Å². The van der Waals surface area contributed by atoms with Crippen molar-refractivity contribution >= 4 is 11.9 Å². The molecule has 0 fully saturated rings. The van der Waals surface area contributed by atoms with Gasteiger partial charge < -0.3 is 14.6 Å². The van der Waals surface area contributed by atoms with Crippen LogP contribution in [-0.4, -0.2) is 36.4 Å². The summed E-state index contributed by atoms with van der Waals surface area (Å²) in [6.07, 6.45) is 101. The van der Waals surface area contributed by atoms with Crippen LogP contribution in [0.3, 0.4) is 0 Å². The third-order valence-corrected chi connectivity index (χ3v) is 16.5. The summed E-state index contributed by atoms with van der Waals surface area (Å²) in [5, 5.41) is 9.71. The van der Waals surface area contributed by atoms with Crippen molar-refractivity contribution in [3.05, 3.63) is 72.9 Å². The lowest BCUT2D eigenvalue weighted by Crippen LogP contribution is -2.28. The molecule has 1 N–H and O–H groups in total. The van der Waals surface area contributed by atoms with Gasteiger partial charge in [0.2, 0.25) is 0 Å². The van der Waals surface area contributed by atoms with E-state index in [0.29, 0.717) is 12.8 Å². The molecule has 0 aliphatic rings. The van der Waals surface area contributed by atoms with Crippen molar-refractivity contribution < 1.29 is 24.2 Å². The maximum atomic E-state index is 12.4. The van der Waals surface area contributed by atoms with Crippen LogP contribution >= 0.6 is 0 Å². The van der Waals surface area contributed by atoms with Gasteiger partial charge in [-0.25, -0.2) is 0 Å². The molecule has 0 saturated heterocycles. The first-order chi connectivity index (χ1) is 40.6. The molecule has 1 unspecified atom stereocenters. The number of aliphatic hydroxyl groups excluding tert-OH is 1. The average Bonchev–Trinajstić information content (AvgIpc) is 3.49. The molecule has 478 valence electrons. The Hall–Kier alpha value is -2.66. The van der Waals surface area contributed by atoms with Crippen molar-refractivity contribution in [2.45, 2.75) is 392 Å². The Morgan fingerprint density at radius 2 is 0.524 bits per heavy atom. The minimum absolute atomic E-state index is 0.0599. The second-order valence-electron chi connectivity index (χ2n) is 24.7. The van der Waals surface area contributed by atoms with Gasteiger partial charge in [0.25, 0.3) is 0 Å². The third-order valence-electron chi connectivity index (χ3n) is 16.5. The van der Waals surface area contributed by atoms with E-state index in [1.165, 1.54) is 289 Å². The topological polar surface area (TPSA) is 72.8 Å². The highest BCUT2D eigenvalue weighted by Gasteiger charge is 2.16. The fraction of sp³-hybridized carbons (Fsp3) is 0.818. The lowest BCUT2D eigenvalue weighted by atomic mass is 10.0. The number of hydrogen-bond acceptors (Lipinski definition) is 5. The van der Waals surface area contributed by atoms with E-state index < -0.39 is 6.10 Å². The summed E-state index contributed by atoms with van der Waals surface area (Å²) >= 11 is 0. The van der Waals surface area contributed by atoms with Gasteiger partial charge in [-0.2, -0.15) is 0 Å². The number of rotatable bonds is 68. The summed E-state index contributed by atoms with van der Waals surface area (Å²) in [6.45, 7) is 4.09. The van der Waals surface area contributed by atoms with E-state index in [2.05, 4.69) is 86.8 Å². The zero-order valence-corrected chi connectivity index (χ0v) is 55.0. The maximum Gasteiger partial charge on any atom is 0.306 e. The number of carbonyl (C=O) groups is 2. The predicted molar refractivity (Wildman–Crippen MR) is 362 cm³/mol. The van der Waals surface area contributed by atoms with Gasteiger partial charge in [-0.1, -0.05) is 382 Å². The van der Waals surface area contributed by atoms with Gasteiger partial charge in [-0.3, -0.25) is 9.59 Å². The smallest absolute Gasteiger partial charge is 0.306 e. The fourth-order valence-corrected chi connectivity index (χ4v) is 11.1. The highest BCUT2D eigenvalue weighted by Crippen LogP contribution is 2.19. The SMILES string of the molecule is CC/C=C\C/C=C\C/C=C\C/C=C\C/C=C\C/C=C\CCCCCCCCCCCCCCCCCCCCCCCCC(=O)OC(CO)COC(=O)CCCCCCCCCCCCCCCCCCCCCCCCCCCCC. The van der Waals surface area contributed by atoms with Gasteiger partial charge in [-0.05, 0) is 64.2 Å². The summed E-state index contributed by atoms with van der Waals surface area (Å²) in [4.78, 5) is 24.7. The van der Waals surface area contributed by atoms with Crippen molar-refractivity contribution in [1.29, 1.82) is 0 Å². The quantitative estimate of drug-likeness (QED) is 0.0373. The molecule has 0 aromatic carbocycles. The van der Waals surface area contributed by atoms with Gasteiger partial charge in [0, 0.05) is 12.8 Å². The first-order valence-electron chi connectivity index (χ1n) is 36.5. The highest BCUT2D eigenvalue weighted by atomic mass is 16.6. The van der Waals surface area contributed by atoms with Crippen molar-refractivity contribution in [3.63, 3.8) is 0 Å². The Bertz CT molecular complexity index is 1440. The summed E-state index contributed by atoms with van der Waals surface area (Å²) in [7, 11) is 0. The van der Waals surface area contributed by atoms with Gasteiger partial charge in [-0.15, -0.1) is 0 Å². The summed E-state index contributed by atoms with van der Waals surface area (Å²) in [5.74, 6) is -0.566. The Kier molecular flexibility index (Phi) is 70.2. The van der Waals surface area contributed by atoms with Crippen LogP contribution in [-0.2, 0) is 19.1 Å². The van der Waals surface area contributed by atoms with E-state index in [1.807, 2.05) is 0 Å². The molecule has 0 bridgehead atoms. The fourth-order valence-electron chi connectivity index (χ4n) is 11.1. The van der Waals surface area contributed by atoms with E-state index in [-0.39, 0.29) is 25.2 Å². The van der Waals surface area contributed by atoms with Crippen LogP contribution in [0.4, 0.5) is 0 Å². The maximum absolute atomic E-state index is 12.4. The van der Waals surface area contributed by atoms with Crippen LogP contribution in [0, 0.1) is 0 Å². The molecule has 5 heteroatoms. The minimum atomic E-state index is -0.771. The van der Waals surface area contributed by atoms with Crippen molar-refractivity contribution in [3.8, 4) is 0 Å². The van der Waals surface area contributed by atoms with E-state index in [1.54, 1.807) is 0 Å². The largest absolute Gasteiger partial charge is 0.462 e. The number of hydrogen-bond donors (Lipinski definition) is 1. The molecule has 0 saturated carbocycles. The van der Waals surface area contributed by atoms with Crippen LogP contribution in [0.2, 0.25) is 0 Å². The lowest BCUT2D eigenvalue weighted by molar-refractivity contribution is -0.161. The van der Waals surface area contributed by atoms with Gasteiger partial charge in [0.15, 0.2) is 6.10 Å². The molecule has 1 atom stereocenters. The summed E-state index contributed by atoms with van der Waals surface area (Å²) in [5.41, 5.74) is 0. The lowest BCUT2D eigenvalue weighted by Gasteiger charge is -2.15. The molecule has 0 heterocycles. The normalized spacial score (nSPS) is 12.6. The summed E-state index contributed by atoms with van der Waals surface area (Å²) < 4.78 is 10.8. The molecule has 0 aromatic rings. The van der Waals surface area contributed by atoms with Crippen LogP contribution in [0.1, 0.15) is 386 Å². The van der Waals surface area contributed by atoms with E-state index in [4.69, 9.17) is 9.47 Å². The standard InChI is InChI=1S/C77H140O5/c1-3-5-7-9-11-13-15-17-19-21-23-25-27-29-31-32-33-34-35-36-37-38-39-40-41-42-43-44-46-48-50-52-54-56-58-60-62-64-66-68-70-72-77(80)82-75(73-78)74-81-76(79)71-69-67-65-63-61-59-57-55-53-51-49-47-45-30-28-26-24-22-20-18-16-14-12-10-8-6-4-2/h5,7,11,13,17,19,23,25,29,31,33-34,75,78H,3-4,6,8-10,12,14-16,18,20-22,24,26-28,30,32,35-74H2,1-2H3/b7-5-,13-11-,19-17-,25-23-,31-29-,34-33-. The van der Waals surface area contributed by atoms with Crippen LogP contribution in [0.5, 0.6) is 0 Å².